The molecule has 0 aliphatic carbocycles. The van der Waals surface area contributed by atoms with Gasteiger partial charge in [0.05, 0.1) is 0 Å². The molecule has 4 N–H and O–H groups in total. The van der Waals surface area contributed by atoms with Gasteiger partial charge in [0.25, 0.3) is 5.91 Å². The first kappa shape index (κ1) is 13.9. The van der Waals surface area contributed by atoms with Crippen LogP contribution >= 0.6 is 0 Å². The topological polar surface area (TPSA) is 85.2 Å². The SMILES string of the molecule is CCN(Cc1ccccc1N)c1ccnc(C(N)=O)c1. The third kappa shape index (κ3) is 3.06. The van der Waals surface area contributed by atoms with Crippen LogP contribution in [0.15, 0.2) is 42.6 Å². The number of carbonyl (C=O) groups is 1. The van der Waals surface area contributed by atoms with Crippen molar-refractivity contribution in [2.45, 2.75) is 13.5 Å². The van der Waals surface area contributed by atoms with Gasteiger partial charge >= 0.3 is 0 Å². The Labute approximate surface area is 118 Å². The molecule has 0 saturated carbocycles. The molecule has 0 unspecified atom stereocenters. The van der Waals surface area contributed by atoms with Crippen molar-refractivity contribution < 1.29 is 4.79 Å². The van der Waals surface area contributed by atoms with Gasteiger partial charge in [-0.3, -0.25) is 9.78 Å². The Morgan fingerprint density at radius 3 is 2.70 bits per heavy atom. The normalized spacial score (nSPS) is 10.2. The Balaban J connectivity index is 2.26. The van der Waals surface area contributed by atoms with E-state index < -0.39 is 5.91 Å². The minimum absolute atomic E-state index is 0.266. The van der Waals surface area contributed by atoms with E-state index in [9.17, 15) is 4.79 Å². The number of nitrogen functional groups attached to an aromatic ring is 1. The van der Waals surface area contributed by atoms with Gasteiger partial charge < -0.3 is 16.4 Å². The van der Waals surface area contributed by atoms with Crippen molar-refractivity contribution >= 4 is 17.3 Å². The first-order chi connectivity index (χ1) is 9.61. The highest BCUT2D eigenvalue weighted by atomic mass is 16.1. The second-order valence-electron chi connectivity index (χ2n) is 4.48. The summed E-state index contributed by atoms with van der Waals surface area (Å²) in [5.41, 5.74) is 14.2. The largest absolute Gasteiger partial charge is 0.398 e. The molecule has 0 fully saturated rings. The van der Waals surface area contributed by atoms with Crippen LogP contribution in [-0.4, -0.2) is 17.4 Å². The minimum atomic E-state index is -0.526. The molecule has 1 aromatic heterocycles. The highest BCUT2D eigenvalue weighted by Crippen LogP contribution is 2.20. The molecule has 0 spiro atoms. The average Bonchev–Trinajstić information content (AvgIpc) is 2.46. The van der Waals surface area contributed by atoms with Crippen LogP contribution in [0.1, 0.15) is 23.0 Å². The molecule has 0 aliphatic rings. The average molecular weight is 270 g/mol. The number of hydrogen-bond acceptors (Lipinski definition) is 4. The van der Waals surface area contributed by atoms with Crippen molar-refractivity contribution in [3.05, 3.63) is 53.9 Å². The standard InChI is InChI=1S/C15H18N4O/c1-2-19(10-11-5-3-4-6-13(11)16)12-7-8-18-14(9-12)15(17)20/h3-9H,2,10,16H2,1H3,(H2,17,20). The van der Waals surface area contributed by atoms with Gasteiger partial charge in [0.1, 0.15) is 5.69 Å². The van der Waals surface area contributed by atoms with Gasteiger partial charge in [-0.1, -0.05) is 18.2 Å². The van der Waals surface area contributed by atoms with Crippen LogP contribution in [0.2, 0.25) is 0 Å². The molecule has 0 aliphatic heterocycles. The Morgan fingerprint density at radius 1 is 1.30 bits per heavy atom. The quantitative estimate of drug-likeness (QED) is 0.811. The molecule has 104 valence electrons. The summed E-state index contributed by atoms with van der Waals surface area (Å²) in [5.74, 6) is -0.526. The van der Waals surface area contributed by atoms with Crippen LogP contribution in [0.4, 0.5) is 11.4 Å². The van der Waals surface area contributed by atoms with E-state index in [1.54, 1.807) is 12.3 Å². The zero-order valence-corrected chi connectivity index (χ0v) is 11.4. The number of hydrogen-bond donors (Lipinski definition) is 2. The molecule has 0 atom stereocenters. The van der Waals surface area contributed by atoms with E-state index in [-0.39, 0.29) is 5.69 Å². The van der Waals surface area contributed by atoms with Crippen molar-refractivity contribution in [3.63, 3.8) is 0 Å². The summed E-state index contributed by atoms with van der Waals surface area (Å²) in [6.07, 6.45) is 1.59. The number of primary amides is 1. The summed E-state index contributed by atoms with van der Waals surface area (Å²) in [6.45, 7) is 3.51. The van der Waals surface area contributed by atoms with Gasteiger partial charge in [-0.2, -0.15) is 0 Å². The molecule has 2 aromatic rings. The maximum atomic E-state index is 11.2. The third-order valence-electron chi connectivity index (χ3n) is 3.16. The van der Waals surface area contributed by atoms with Gasteiger partial charge in [-0.05, 0) is 30.7 Å². The number of para-hydroxylation sites is 1. The van der Waals surface area contributed by atoms with E-state index in [0.29, 0.717) is 6.54 Å². The second kappa shape index (κ2) is 6.06. The maximum Gasteiger partial charge on any atom is 0.267 e. The fourth-order valence-corrected chi connectivity index (χ4v) is 2.02. The number of amides is 1. The Morgan fingerprint density at radius 2 is 2.05 bits per heavy atom. The van der Waals surface area contributed by atoms with Gasteiger partial charge in [0.15, 0.2) is 0 Å². The summed E-state index contributed by atoms with van der Waals surface area (Å²) in [4.78, 5) is 17.3. The fourth-order valence-electron chi connectivity index (χ4n) is 2.02. The molecule has 1 heterocycles. The van der Waals surface area contributed by atoms with Crippen molar-refractivity contribution in [1.82, 2.24) is 4.98 Å². The minimum Gasteiger partial charge on any atom is -0.398 e. The van der Waals surface area contributed by atoms with Crippen molar-refractivity contribution in [3.8, 4) is 0 Å². The number of rotatable bonds is 5. The summed E-state index contributed by atoms with van der Waals surface area (Å²) in [7, 11) is 0. The van der Waals surface area contributed by atoms with Crippen molar-refractivity contribution in [2.75, 3.05) is 17.2 Å². The lowest BCUT2D eigenvalue weighted by atomic mass is 10.1. The molecule has 1 aromatic carbocycles. The van der Waals surface area contributed by atoms with Crippen LogP contribution in [0.25, 0.3) is 0 Å². The molecule has 0 radical (unpaired) electrons. The van der Waals surface area contributed by atoms with Crippen LogP contribution < -0.4 is 16.4 Å². The van der Waals surface area contributed by atoms with E-state index in [4.69, 9.17) is 11.5 Å². The molecule has 20 heavy (non-hydrogen) atoms. The molecule has 5 nitrogen and oxygen atoms in total. The Hall–Kier alpha value is -2.56. The van der Waals surface area contributed by atoms with Crippen LogP contribution in [0.5, 0.6) is 0 Å². The number of anilines is 2. The van der Waals surface area contributed by atoms with Crippen LogP contribution in [-0.2, 0) is 6.54 Å². The zero-order chi connectivity index (χ0) is 14.5. The summed E-state index contributed by atoms with van der Waals surface area (Å²) >= 11 is 0. The number of pyridine rings is 1. The molecule has 2 rings (SSSR count). The number of nitrogens with two attached hydrogens (primary N) is 2. The first-order valence-corrected chi connectivity index (χ1v) is 6.46. The molecule has 1 amide bonds. The fraction of sp³-hybridized carbons (Fsp3) is 0.200. The molecule has 0 bridgehead atoms. The highest BCUT2D eigenvalue weighted by molar-refractivity contribution is 5.91. The predicted molar refractivity (Wildman–Crippen MR) is 80.3 cm³/mol. The highest BCUT2D eigenvalue weighted by Gasteiger charge is 2.10. The first-order valence-electron chi connectivity index (χ1n) is 6.46. The molecular weight excluding hydrogens is 252 g/mol. The van der Waals surface area contributed by atoms with Gasteiger partial charge in [0.2, 0.25) is 0 Å². The Bertz CT molecular complexity index is 612. The predicted octanol–water partition coefficient (Wildman–Crippen LogP) is 1.79. The molecule has 5 heteroatoms. The van der Waals surface area contributed by atoms with E-state index >= 15 is 0 Å². The number of benzene rings is 1. The van der Waals surface area contributed by atoms with Gasteiger partial charge in [-0.25, -0.2) is 0 Å². The smallest absolute Gasteiger partial charge is 0.267 e. The monoisotopic (exact) mass is 270 g/mol. The maximum absolute atomic E-state index is 11.2. The van der Waals surface area contributed by atoms with Crippen LogP contribution in [0.3, 0.4) is 0 Å². The number of nitrogens with zero attached hydrogens (tertiary/aromatic N) is 2. The third-order valence-corrected chi connectivity index (χ3v) is 3.16. The number of aromatic nitrogens is 1. The van der Waals surface area contributed by atoms with E-state index in [2.05, 4.69) is 9.88 Å². The van der Waals surface area contributed by atoms with Crippen molar-refractivity contribution in [1.29, 1.82) is 0 Å². The lowest BCUT2D eigenvalue weighted by molar-refractivity contribution is 0.0995. The van der Waals surface area contributed by atoms with Crippen LogP contribution in [0, 0.1) is 0 Å². The summed E-state index contributed by atoms with van der Waals surface area (Å²) < 4.78 is 0. The van der Waals surface area contributed by atoms with E-state index in [1.807, 2.05) is 37.3 Å². The number of carbonyl (C=O) groups excluding carboxylic acids is 1. The molecule has 0 saturated heterocycles. The summed E-state index contributed by atoms with van der Waals surface area (Å²) in [6, 6.07) is 11.3. The van der Waals surface area contributed by atoms with Gasteiger partial charge in [-0.15, -0.1) is 0 Å². The van der Waals surface area contributed by atoms with E-state index in [1.165, 1.54) is 0 Å². The van der Waals surface area contributed by atoms with E-state index in [0.717, 1.165) is 23.5 Å². The lowest BCUT2D eigenvalue weighted by Gasteiger charge is -2.24. The van der Waals surface area contributed by atoms with Crippen molar-refractivity contribution in [2.24, 2.45) is 5.73 Å². The second-order valence-corrected chi connectivity index (χ2v) is 4.48. The molecular formula is C15H18N4O. The summed E-state index contributed by atoms with van der Waals surface area (Å²) in [5, 5.41) is 0. The zero-order valence-electron chi connectivity index (χ0n) is 11.4. The lowest BCUT2D eigenvalue weighted by Crippen LogP contribution is -2.23. The Kier molecular flexibility index (Phi) is 4.20. The van der Waals surface area contributed by atoms with Gasteiger partial charge in [0, 0.05) is 30.7 Å².